The molecule has 1 rings (SSSR count). The van der Waals surface area contributed by atoms with E-state index in [9.17, 15) is 10.1 Å². The smallest absolute Gasteiger partial charge is 0.411 e. The lowest BCUT2D eigenvalue weighted by molar-refractivity contribution is -0.0497. The van der Waals surface area contributed by atoms with Gasteiger partial charge in [-0.05, 0) is 47.5 Å². The van der Waals surface area contributed by atoms with E-state index in [2.05, 4.69) is 13.0 Å². The summed E-state index contributed by atoms with van der Waals surface area (Å²) in [6, 6.07) is 0.881. The van der Waals surface area contributed by atoms with Gasteiger partial charge in [0.25, 0.3) is 0 Å². The van der Waals surface area contributed by atoms with E-state index in [0.717, 1.165) is 12.8 Å². The molecule has 5 atom stereocenters. The molecular formula is C20H35N3O3. The summed E-state index contributed by atoms with van der Waals surface area (Å²) in [5.74, 6) is -0.0153. The summed E-state index contributed by atoms with van der Waals surface area (Å²) >= 11 is 0. The SMILES string of the molecule is C/C=C\[C@@H]1C[C@H](C#N)N(C(=O)OC(C)(C)C)[C@H]1[C@@H](N)[C@](C)(CCC)OC. The summed E-state index contributed by atoms with van der Waals surface area (Å²) in [6.07, 6.45) is 5.70. The Kier molecular flexibility index (Phi) is 7.67. The first-order valence-corrected chi connectivity index (χ1v) is 9.39. The molecule has 6 nitrogen and oxygen atoms in total. The topological polar surface area (TPSA) is 88.6 Å². The van der Waals surface area contributed by atoms with Crippen molar-refractivity contribution in [3.8, 4) is 6.07 Å². The Hall–Kier alpha value is -1.58. The first-order chi connectivity index (χ1) is 12.0. The van der Waals surface area contributed by atoms with Gasteiger partial charge in [-0.15, -0.1) is 0 Å². The number of rotatable bonds is 6. The largest absolute Gasteiger partial charge is 0.444 e. The van der Waals surface area contributed by atoms with Crippen LogP contribution < -0.4 is 5.73 Å². The Morgan fingerprint density at radius 1 is 1.42 bits per heavy atom. The van der Waals surface area contributed by atoms with Crippen molar-refractivity contribution >= 4 is 6.09 Å². The fourth-order valence-electron chi connectivity index (χ4n) is 3.74. The van der Waals surface area contributed by atoms with Crippen LogP contribution in [0, 0.1) is 17.2 Å². The fraction of sp³-hybridized carbons (Fsp3) is 0.800. The van der Waals surface area contributed by atoms with E-state index in [-0.39, 0.29) is 12.0 Å². The minimum Gasteiger partial charge on any atom is -0.444 e. The molecule has 0 saturated carbocycles. The highest BCUT2D eigenvalue weighted by atomic mass is 16.6. The number of nitriles is 1. The summed E-state index contributed by atoms with van der Waals surface area (Å²) in [7, 11) is 1.65. The van der Waals surface area contributed by atoms with Crippen LogP contribution in [0.15, 0.2) is 12.2 Å². The fourth-order valence-corrected chi connectivity index (χ4v) is 3.74. The zero-order valence-corrected chi connectivity index (χ0v) is 17.3. The predicted octanol–water partition coefficient (Wildman–Crippen LogP) is 3.61. The third-order valence-corrected chi connectivity index (χ3v) is 5.07. The van der Waals surface area contributed by atoms with E-state index in [1.54, 1.807) is 7.11 Å². The van der Waals surface area contributed by atoms with Crippen LogP contribution in [0.3, 0.4) is 0 Å². The standard InChI is InChI=1S/C20H35N3O3/c1-8-10-14-12-15(13-21)23(18(24)26-19(3,4)5)16(14)17(22)20(6,25-7)11-9-2/h8,10,14-17H,9,11-12,22H2,1-7H3/b10-8-/t14-,15-,16-,17-,20+/m1/s1. The van der Waals surface area contributed by atoms with Crippen LogP contribution in [0.2, 0.25) is 0 Å². The molecule has 148 valence electrons. The highest BCUT2D eigenvalue weighted by Crippen LogP contribution is 2.38. The van der Waals surface area contributed by atoms with Gasteiger partial charge in [-0.1, -0.05) is 25.5 Å². The maximum Gasteiger partial charge on any atom is 0.411 e. The van der Waals surface area contributed by atoms with Gasteiger partial charge in [0, 0.05) is 13.0 Å². The van der Waals surface area contributed by atoms with Crippen LogP contribution >= 0.6 is 0 Å². The molecule has 0 radical (unpaired) electrons. The number of nitrogens with two attached hydrogens (primary N) is 1. The number of ether oxygens (including phenoxy) is 2. The molecule has 1 fully saturated rings. The van der Waals surface area contributed by atoms with Crippen molar-refractivity contribution in [1.82, 2.24) is 4.90 Å². The van der Waals surface area contributed by atoms with Crippen LogP contribution in [-0.2, 0) is 9.47 Å². The van der Waals surface area contributed by atoms with Crippen molar-refractivity contribution in [2.45, 2.75) is 90.1 Å². The second kappa shape index (κ2) is 8.88. The Labute approximate surface area is 158 Å². The maximum atomic E-state index is 12.9. The first kappa shape index (κ1) is 22.5. The number of likely N-dealkylation sites (tertiary alicyclic amines) is 1. The third-order valence-electron chi connectivity index (χ3n) is 5.07. The Morgan fingerprint density at radius 2 is 2.04 bits per heavy atom. The minimum absolute atomic E-state index is 0.0153. The zero-order valence-electron chi connectivity index (χ0n) is 17.3. The molecule has 0 aliphatic carbocycles. The average Bonchev–Trinajstić information content (AvgIpc) is 2.91. The number of carbonyl (C=O) groups is 1. The molecule has 1 heterocycles. The quantitative estimate of drug-likeness (QED) is 0.726. The second-order valence-electron chi connectivity index (χ2n) is 8.24. The lowest BCUT2D eigenvalue weighted by Gasteiger charge is -2.42. The molecule has 1 saturated heterocycles. The van der Waals surface area contributed by atoms with Gasteiger partial charge in [-0.3, -0.25) is 4.90 Å². The summed E-state index contributed by atoms with van der Waals surface area (Å²) < 4.78 is 11.3. The van der Waals surface area contributed by atoms with Gasteiger partial charge in [0.05, 0.1) is 23.8 Å². The second-order valence-corrected chi connectivity index (χ2v) is 8.24. The van der Waals surface area contributed by atoms with E-state index in [1.807, 2.05) is 46.8 Å². The number of amides is 1. The van der Waals surface area contributed by atoms with Crippen molar-refractivity contribution in [3.05, 3.63) is 12.2 Å². The van der Waals surface area contributed by atoms with E-state index >= 15 is 0 Å². The zero-order chi connectivity index (χ0) is 20.1. The average molecular weight is 366 g/mol. The van der Waals surface area contributed by atoms with Crippen LogP contribution in [-0.4, -0.2) is 47.4 Å². The molecule has 0 unspecified atom stereocenters. The van der Waals surface area contributed by atoms with Crippen molar-refractivity contribution in [2.75, 3.05) is 7.11 Å². The number of nitrogens with zero attached hydrogens (tertiary/aromatic N) is 2. The molecule has 1 aliphatic rings. The van der Waals surface area contributed by atoms with E-state index < -0.39 is 29.4 Å². The third kappa shape index (κ3) is 4.99. The minimum atomic E-state index is -0.640. The van der Waals surface area contributed by atoms with E-state index in [4.69, 9.17) is 15.2 Å². The van der Waals surface area contributed by atoms with Gasteiger partial charge >= 0.3 is 6.09 Å². The number of carbonyl (C=O) groups excluding carboxylic acids is 1. The molecular weight excluding hydrogens is 330 g/mol. The van der Waals surface area contributed by atoms with Gasteiger partial charge in [0.2, 0.25) is 0 Å². The molecule has 0 aromatic carbocycles. The summed E-state index contributed by atoms with van der Waals surface area (Å²) in [6.45, 7) is 11.4. The Balaban J connectivity index is 3.32. The Bertz CT molecular complexity index is 549. The lowest BCUT2D eigenvalue weighted by atomic mass is 9.81. The summed E-state index contributed by atoms with van der Waals surface area (Å²) in [4.78, 5) is 14.4. The molecule has 0 spiro atoms. The molecule has 1 aliphatic heterocycles. The van der Waals surface area contributed by atoms with Crippen molar-refractivity contribution in [2.24, 2.45) is 11.7 Å². The lowest BCUT2D eigenvalue weighted by Crippen LogP contribution is -2.61. The van der Waals surface area contributed by atoms with Crippen LogP contribution in [0.4, 0.5) is 4.79 Å². The number of hydrogen-bond acceptors (Lipinski definition) is 5. The van der Waals surface area contributed by atoms with Gasteiger partial charge < -0.3 is 15.2 Å². The summed E-state index contributed by atoms with van der Waals surface area (Å²) in [5.41, 5.74) is 5.43. The van der Waals surface area contributed by atoms with E-state index in [1.165, 1.54) is 4.90 Å². The number of allylic oxidation sites excluding steroid dienone is 1. The first-order valence-electron chi connectivity index (χ1n) is 9.39. The van der Waals surface area contributed by atoms with Crippen molar-refractivity contribution < 1.29 is 14.3 Å². The highest BCUT2D eigenvalue weighted by Gasteiger charge is 2.51. The summed E-state index contributed by atoms with van der Waals surface area (Å²) in [5, 5.41) is 9.64. The predicted molar refractivity (Wildman–Crippen MR) is 102 cm³/mol. The molecule has 1 amide bonds. The van der Waals surface area contributed by atoms with Crippen LogP contribution in [0.5, 0.6) is 0 Å². The number of hydrogen-bond donors (Lipinski definition) is 1. The molecule has 6 heteroatoms. The van der Waals surface area contributed by atoms with Gasteiger partial charge in [-0.25, -0.2) is 4.79 Å². The van der Waals surface area contributed by atoms with Gasteiger partial charge in [0.1, 0.15) is 11.6 Å². The van der Waals surface area contributed by atoms with Crippen molar-refractivity contribution in [1.29, 1.82) is 5.26 Å². The van der Waals surface area contributed by atoms with E-state index in [0.29, 0.717) is 6.42 Å². The molecule has 26 heavy (non-hydrogen) atoms. The molecule has 0 aromatic heterocycles. The number of methoxy groups -OCH3 is 1. The van der Waals surface area contributed by atoms with Crippen LogP contribution in [0.1, 0.15) is 60.8 Å². The normalized spacial score (nSPS) is 27.2. The monoisotopic (exact) mass is 365 g/mol. The molecule has 2 N–H and O–H groups in total. The maximum absolute atomic E-state index is 12.9. The molecule has 0 bridgehead atoms. The highest BCUT2D eigenvalue weighted by molar-refractivity contribution is 5.70. The molecule has 0 aromatic rings. The van der Waals surface area contributed by atoms with Crippen molar-refractivity contribution in [3.63, 3.8) is 0 Å². The van der Waals surface area contributed by atoms with Gasteiger partial charge in [-0.2, -0.15) is 5.26 Å². The van der Waals surface area contributed by atoms with Crippen LogP contribution in [0.25, 0.3) is 0 Å². The Morgan fingerprint density at radius 3 is 2.46 bits per heavy atom. The van der Waals surface area contributed by atoms with Gasteiger partial charge in [0.15, 0.2) is 0 Å².